The van der Waals surface area contributed by atoms with E-state index in [0.717, 1.165) is 23.8 Å². The van der Waals surface area contributed by atoms with Crippen molar-refractivity contribution >= 4 is 11.7 Å². The Bertz CT molecular complexity index is 444. The predicted octanol–water partition coefficient (Wildman–Crippen LogP) is 2.25. The summed E-state index contributed by atoms with van der Waals surface area (Å²) in [5.74, 6) is 0.754. The van der Waals surface area contributed by atoms with E-state index in [1.54, 1.807) is 0 Å². The van der Waals surface area contributed by atoms with E-state index in [9.17, 15) is 4.79 Å². The Kier molecular flexibility index (Phi) is 5.38. The van der Waals surface area contributed by atoms with E-state index in [0.29, 0.717) is 13.2 Å². The van der Waals surface area contributed by atoms with Gasteiger partial charge in [-0.2, -0.15) is 0 Å². The van der Waals surface area contributed by atoms with Gasteiger partial charge >= 0.3 is 6.03 Å². The van der Waals surface area contributed by atoms with Gasteiger partial charge in [-0.3, -0.25) is 0 Å². The molecule has 0 aliphatic heterocycles. The normalized spacial score (nSPS) is 15.7. The number of nitrogens with two attached hydrogens (primary N) is 1. The second-order valence-corrected chi connectivity index (χ2v) is 5.31. The van der Waals surface area contributed by atoms with E-state index in [-0.39, 0.29) is 12.1 Å². The molecule has 0 saturated heterocycles. The van der Waals surface area contributed by atoms with Crippen molar-refractivity contribution in [1.29, 1.82) is 0 Å². The molecule has 0 aromatic heterocycles. The third-order valence-electron chi connectivity index (χ3n) is 3.25. The SMILES string of the molecule is CC(N)c1cccc(NC(=O)NCCOCC2CC2)c1. The highest BCUT2D eigenvalue weighted by molar-refractivity contribution is 5.89. The number of carbonyl (C=O) groups is 1. The Balaban J connectivity index is 1.66. The molecule has 1 unspecified atom stereocenters. The summed E-state index contributed by atoms with van der Waals surface area (Å²) in [5, 5.41) is 5.56. The Morgan fingerprint density at radius 2 is 2.30 bits per heavy atom. The van der Waals surface area contributed by atoms with Crippen molar-refractivity contribution < 1.29 is 9.53 Å². The molecule has 1 saturated carbocycles. The van der Waals surface area contributed by atoms with Crippen LogP contribution in [0.4, 0.5) is 10.5 Å². The summed E-state index contributed by atoms with van der Waals surface area (Å²) in [6.07, 6.45) is 2.56. The summed E-state index contributed by atoms with van der Waals surface area (Å²) < 4.78 is 5.45. The summed E-state index contributed by atoms with van der Waals surface area (Å²) in [6.45, 7) is 3.81. The minimum atomic E-state index is -0.221. The standard InChI is InChI=1S/C15H23N3O2/c1-11(16)13-3-2-4-14(9-13)18-15(19)17-7-8-20-10-12-5-6-12/h2-4,9,11-12H,5-8,10,16H2,1H3,(H2,17,18,19). The van der Waals surface area contributed by atoms with Crippen molar-refractivity contribution in [1.82, 2.24) is 5.32 Å². The van der Waals surface area contributed by atoms with Gasteiger partial charge in [0.05, 0.1) is 6.61 Å². The molecule has 110 valence electrons. The minimum absolute atomic E-state index is 0.0457. The van der Waals surface area contributed by atoms with Crippen LogP contribution in [-0.4, -0.2) is 25.8 Å². The van der Waals surface area contributed by atoms with Crippen LogP contribution >= 0.6 is 0 Å². The highest BCUT2D eigenvalue weighted by Crippen LogP contribution is 2.28. The lowest BCUT2D eigenvalue weighted by molar-refractivity contribution is 0.127. The maximum Gasteiger partial charge on any atom is 0.319 e. The summed E-state index contributed by atoms with van der Waals surface area (Å²) >= 11 is 0. The van der Waals surface area contributed by atoms with Gasteiger partial charge in [-0.25, -0.2) is 4.79 Å². The molecule has 1 aromatic rings. The lowest BCUT2D eigenvalue weighted by Crippen LogP contribution is -2.31. The maximum atomic E-state index is 11.7. The zero-order valence-corrected chi connectivity index (χ0v) is 11.9. The van der Waals surface area contributed by atoms with Crippen molar-refractivity contribution in [3.05, 3.63) is 29.8 Å². The number of amides is 2. The lowest BCUT2D eigenvalue weighted by Gasteiger charge is -2.10. The highest BCUT2D eigenvalue weighted by atomic mass is 16.5. The predicted molar refractivity (Wildman–Crippen MR) is 79.6 cm³/mol. The zero-order valence-electron chi connectivity index (χ0n) is 11.9. The van der Waals surface area contributed by atoms with E-state index in [1.807, 2.05) is 31.2 Å². The molecule has 0 spiro atoms. The topological polar surface area (TPSA) is 76.4 Å². The molecule has 1 aliphatic carbocycles. The van der Waals surface area contributed by atoms with Crippen LogP contribution in [0.1, 0.15) is 31.4 Å². The number of benzene rings is 1. The van der Waals surface area contributed by atoms with Crippen LogP contribution < -0.4 is 16.4 Å². The molecule has 5 heteroatoms. The van der Waals surface area contributed by atoms with Crippen LogP contribution in [0.15, 0.2) is 24.3 Å². The minimum Gasteiger partial charge on any atom is -0.379 e. The molecule has 2 rings (SSSR count). The summed E-state index contributed by atoms with van der Waals surface area (Å²) in [4.78, 5) is 11.7. The van der Waals surface area contributed by atoms with E-state index in [2.05, 4.69) is 10.6 Å². The van der Waals surface area contributed by atoms with Crippen LogP contribution in [0.3, 0.4) is 0 Å². The Hall–Kier alpha value is -1.59. The van der Waals surface area contributed by atoms with Crippen LogP contribution in [0.2, 0.25) is 0 Å². The van der Waals surface area contributed by atoms with E-state index < -0.39 is 0 Å². The monoisotopic (exact) mass is 277 g/mol. The quantitative estimate of drug-likeness (QED) is 0.669. The molecule has 1 atom stereocenters. The average molecular weight is 277 g/mol. The first-order valence-corrected chi connectivity index (χ1v) is 7.13. The van der Waals surface area contributed by atoms with Gasteiger partial charge < -0.3 is 21.1 Å². The number of urea groups is 1. The van der Waals surface area contributed by atoms with Crippen molar-refractivity contribution in [2.75, 3.05) is 25.1 Å². The molecule has 0 radical (unpaired) electrons. The fraction of sp³-hybridized carbons (Fsp3) is 0.533. The molecule has 4 N–H and O–H groups in total. The van der Waals surface area contributed by atoms with Crippen LogP contribution in [0.25, 0.3) is 0 Å². The molecular formula is C15H23N3O2. The summed E-state index contributed by atoms with van der Waals surface area (Å²) in [6, 6.07) is 7.28. The van der Waals surface area contributed by atoms with Gasteiger partial charge in [0.2, 0.25) is 0 Å². The Labute approximate surface area is 119 Å². The second-order valence-electron chi connectivity index (χ2n) is 5.31. The van der Waals surface area contributed by atoms with Gasteiger partial charge in [0, 0.05) is 24.9 Å². The molecule has 2 amide bonds. The van der Waals surface area contributed by atoms with Crippen LogP contribution in [0.5, 0.6) is 0 Å². The average Bonchev–Trinajstić information content (AvgIpc) is 3.22. The molecule has 0 heterocycles. The van der Waals surface area contributed by atoms with Crippen LogP contribution in [0, 0.1) is 5.92 Å². The number of rotatable bonds is 7. The maximum absolute atomic E-state index is 11.7. The van der Waals surface area contributed by atoms with Crippen molar-refractivity contribution in [3.8, 4) is 0 Å². The molecule has 1 aromatic carbocycles. The van der Waals surface area contributed by atoms with Gasteiger partial charge in [0.1, 0.15) is 0 Å². The molecule has 1 aliphatic rings. The third-order valence-corrected chi connectivity index (χ3v) is 3.25. The van der Waals surface area contributed by atoms with Crippen molar-refractivity contribution in [2.45, 2.75) is 25.8 Å². The molecule has 0 bridgehead atoms. The number of hydrogen-bond acceptors (Lipinski definition) is 3. The smallest absolute Gasteiger partial charge is 0.319 e. The number of nitrogens with one attached hydrogen (secondary N) is 2. The van der Waals surface area contributed by atoms with E-state index >= 15 is 0 Å². The second kappa shape index (κ2) is 7.26. The number of ether oxygens (including phenoxy) is 1. The first kappa shape index (κ1) is 14.8. The molecule has 5 nitrogen and oxygen atoms in total. The lowest BCUT2D eigenvalue weighted by atomic mass is 10.1. The van der Waals surface area contributed by atoms with Gasteiger partial charge in [-0.15, -0.1) is 0 Å². The number of carbonyl (C=O) groups excluding carboxylic acids is 1. The molecule has 20 heavy (non-hydrogen) atoms. The number of hydrogen-bond donors (Lipinski definition) is 3. The number of anilines is 1. The van der Waals surface area contributed by atoms with Crippen LogP contribution in [-0.2, 0) is 4.74 Å². The zero-order chi connectivity index (χ0) is 14.4. The van der Waals surface area contributed by atoms with Gasteiger partial charge in [-0.05, 0) is 43.4 Å². The first-order valence-electron chi connectivity index (χ1n) is 7.13. The molecule has 1 fully saturated rings. The first-order chi connectivity index (χ1) is 9.65. The summed E-state index contributed by atoms with van der Waals surface area (Å²) in [7, 11) is 0. The Morgan fingerprint density at radius 1 is 1.50 bits per heavy atom. The molecular weight excluding hydrogens is 254 g/mol. The Morgan fingerprint density at radius 3 is 3.00 bits per heavy atom. The van der Waals surface area contributed by atoms with Gasteiger partial charge in [-0.1, -0.05) is 12.1 Å². The highest BCUT2D eigenvalue weighted by Gasteiger charge is 2.20. The van der Waals surface area contributed by atoms with Gasteiger partial charge in [0.15, 0.2) is 0 Å². The van der Waals surface area contributed by atoms with Gasteiger partial charge in [0.25, 0.3) is 0 Å². The summed E-state index contributed by atoms with van der Waals surface area (Å²) in [5.41, 5.74) is 7.55. The third kappa shape index (κ3) is 5.19. The fourth-order valence-electron chi connectivity index (χ4n) is 1.85. The fourth-order valence-corrected chi connectivity index (χ4v) is 1.85. The van der Waals surface area contributed by atoms with Crippen molar-refractivity contribution in [3.63, 3.8) is 0 Å². The van der Waals surface area contributed by atoms with Crippen molar-refractivity contribution in [2.24, 2.45) is 11.7 Å². The largest absolute Gasteiger partial charge is 0.379 e. The van der Waals surface area contributed by atoms with E-state index in [1.165, 1.54) is 12.8 Å². The van der Waals surface area contributed by atoms with E-state index in [4.69, 9.17) is 10.5 Å².